The molecule has 0 amide bonds. The summed E-state index contributed by atoms with van der Waals surface area (Å²) >= 11 is 3.75. The van der Waals surface area contributed by atoms with E-state index < -0.39 is 0 Å². The van der Waals surface area contributed by atoms with Crippen LogP contribution in [0.1, 0.15) is 0 Å². The van der Waals surface area contributed by atoms with Gasteiger partial charge in [0.15, 0.2) is 0 Å². The summed E-state index contributed by atoms with van der Waals surface area (Å²) in [6.07, 6.45) is 1.88. The van der Waals surface area contributed by atoms with Crippen LogP contribution < -0.4 is 0 Å². The lowest BCUT2D eigenvalue weighted by atomic mass is 9.93. The first-order chi connectivity index (χ1) is 11.3. The molecule has 5 aromatic rings. The lowest BCUT2D eigenvalue weighted by Gasteiger charge is -2.13. The van der Waals surface area contributed by atoms with Crippen molar-refractivity contribution in [1.29, 1.82) is 0 Å². The molecule has 0 fully saturated rings. The highest BCUT2D eigenvalue weighted by Crippen LogP contribution is 2.40. The first-order valence-corrected chi connectivity index (χ1v) is 8.40. The second-order valence-corrected chi connectivity index (χ2v) is 6.63. The second-order valence-electron chi connectivity index (χ2n) is 5.77. The normalized spacial score (nSPS) is 11.7. The van der Waals surface area contributed by atoms with Crippen molar-refractivity contribution in [2.45, 2.75) is 0 Å². The lowest BCUT2D eigenvalue weighted by Crippen LogP contribution is -1.87. The molecule has 0 aliphatic heterocycles. The van der Waals surface area contributed by atoms with E-state index >= 15 is 0 Å². The van der Waals surface area contributed by atoms with E-state index in [1.807, 2.05) is 12.3 Å². The molecule has 1 heterocycles. The first-order valence-electron chi connectivity index (χ1n) is 7.61. The zero-order valence-corrected chi connectivity index (χ0v) is 13.8. The number of halogens is 1. The van der Waals surface area contributed by atoms with Crippen LogP contribution in [0.15, 0.2) is 77.4 Å². The highest BCUT2D eigenvalue weighted by molar-refractivity contribution is 9.10. The monoisotopic (exact) mass is 357 g/mol. The molecule has 108 valence electrons. The van der Waals surface area contributed by atoms with Gasteiger partial charge in [0.2, 0.25) is 0 Å². The SMILES string of the molecule is Brc1cc2c3ccccc3c3ncccc3c2c2ccccc12. The molecule has 0 aliphatic carbocycles. The van der Waals surface area contributed by atoms with Crippen molar-refractivity contribution in [3.63, 3.8) is 0 Å². The van der Waals surface area contributed by atoms with Gasteiger partial charge in [-0.3, -0.25) is 4.98 Å². The molecule has 0 spiro atoms. The van der Waals surface area contributed by atoms with Crippen LogP contribution in [0.25, 0.3) is 43.2 Å². The van der Waals surface area contributed by atoms with Gasteiger partial charge in [-0.1, -0.05) is 70.5 Å². The van der Waals surface area contributed by atoms with Crippen molar-refractivity contribution < 1.29 is 0 Å². The van der Waals surface area contributed by atoms with Gasteiger partial charge in [-0.2, -0.15) is 0 Å². The fourth-order valence-corrected chi connectivity index (χ4v) is 4.15. The summed E-state index contributed by atoms with van der Waals surface area (Å²) < 4.78 is 1.13. The predicted octanol–water partition coefficient (Wildman–Crippen LogP) is 6.46. The summed E-state index contributed by atoms with van der Waals surface area (Å²) in [5.74, 6) is 0. The Hall–Kier alpha value is -2.45. The first kappa shape index (κ1) is 13.0. The van der Waals surface area contributed by atoms with Crippen molar-refractivity contribution >= 4 is 59.2 Å². The smallest absolute Gasteiger partial charge is 0.0786 e. The van der Waals surface area contributed by atoms with Crippen molar-refractivity contribution in [2.75, 3.05) is 0 Å². The van der Waals surface area contributed by atoms with Crippen molar-refractivity contribution in [3.8, 4) is 0 Å². The molecule has 4 aromatic carbocycles. The van der Waals surface area contributed by atoms with Gasteiger partial charge in [-0.05, 0) is 39.1 Å². The molecule has 0 unspecified atom stereocenters. The van der Waals surface area contributed by atoms with E-state index in [0.717, 1.165) is 9.99 Å². The largest absolute Gasteiger partial charge is 0.256 e. The van der Waals surface area contributed by atoms with Gasteiger partial charge >= 0.3 is 0 Å². The number of hydrogen-bond acceptors (Lipinski definition) is 1. The molecular weight excluding hydrogens is 346 g/mol. The Bertz CT molecular complexity index is 1220. The van der Waals surface area contributed by atoms with Gasteiger partial charge in [0, 0.05) is 21.4 Å². The van der Waals surface area contributed by atoms with Crippen molar-refractivity contribution in [3.05, 3.63) is 77.4 Å². The Labute approximate surface area is 141 Å². The third kappa shape index (κ3) is 1.76. The topological polar surface area (TPSA) is 12.9 Å². The van der Waals surface area contributed by atoms with Gasteiger partial charge < -0.3 is 0 Å². The van der Waals surface area contributed by atoms with Crippen molar-refractivity contribution in [1.82, 2.24) is 4.98 Å². The maximum Gasteiger partial charge on any atom is 0.0786 e. The fourth-order valence-electron chi connectivity index (χ4n) is 3.58. The molecule has 0 saturated heterocycles. The molecule has 0 N–H and O–H groups in total. The number of fused-ring (bicyclic) bond motifs is 8. The Balaban J connectivity index is 2.25. The Kier molecular flexibility index (Phi) is 2.70. The number of aromatic nitrogens is 1. The quantitative estimate of drug-likeness (QED) is 0.290. The van der Waals surface area contributed by atoms with Crippen LogP contribution in [0.4, 0.5) is 0 Å². The van der Waals surface area contributed by atoms with Crippen molar-refractivity contribution in [2.24, 2.45) is 0 Å². The molecule has 1 aromatic heterocycles. The molecule has 0 saturated carbocycles. The van der Waals surface area contributed by atoms with Crippen LogP contribution in [-0.2, 0) is 0 Å². The van der Waals surface area contributed by atoms with Crippen LogP contribution in [0, 0.1) is 0 Å². The summed E-state index contributed by atoms with van der Waals surface area (Å²) in [6, 6.07) is 23.5. The van der Waals surface area contributed by atoms with Crippen LogP contribution in [0.5, 0.6) is 0 Å². The third-order valence-corrected chi connectivity index (χ3v) is 5.20. The lowest BCUT2D eigenvalue weighted by molar-refractivity contribution is 1.43. The van der Waals surface area contributed by atoms with Gasteiger partial charge in [0.25, 0.3) is 0 Å². The van der Waals surface area contributed by atoms with Crippen LogP contribution in [0.3, 0.4) is 0 Å². The van der Waals surface area contributed by atoms with E-state index in [9.17, 15) is 0 Å². The number of rotatable bonds is 0. The minimum atomic E-state index is 1.07. The molecule has 2 heteroatoms. The highest BCUT2D eigenvalue weighted by atomic mass is 79.9. The molecular formula is C21H12BrN. The van der Waals surface area contributed by atoms with Crippen LogP contribution >= 0.6 is 15.9 Å². The predicted molar refractivity (Wildman–Crippen MR) is 102 cm³/mol. The molecule has 0 aliphatic rings. The maximum atomic E-state index is 4.68. The molecule has 5 rings (SSSR count). The molecule has 0 atom stereocenters. The van der Waals surface area contributed by atoms with Crippen LogP contribution in [0.2, 0.25) is 0 Å². The third-order valence-electron chi connectivity index (χ3n) is 4.54. The Morgan fingerprint density at radius 3 is 2.09 bits per heavy atom. The summed E-state index contributed by atoms with van der Waals surface area (Å²) in [5.41, 5.74) is 1.07. The highest BCUT2D eigenvalue weighted by Gasteiger charge is 2.13. The number of hydrogen-bond donors (Lipinski definition) is 0. The number of nitrogens with zero attached hydrogens (tertiary/aromatic N) is 1. The van der Waals surface area contributed by atoms with E-state index in [0.29, 0.717) is 0 Å². The summed E-state index contributed by atoms with van der Waals surface area (Å²) in [7, 11) is 0. The minimum Gasteiger partial charge on any atom is -0.256 e. The van der Waals surface area contributed by atoms with Gasteiger partial charge in [0.1, 0.15) is 0 Å². The Morgan fingerprint density at radius 1 is 0.609 bits per heavy atom. The van der Waals surface area contributed by atoms with E-state index in [1.165, 1.54) is 37.7 Å². The molecule has 0 radical (unpaired) electrons. The van der Waals surface area contributed by atoms with Gasteiger partial charge in [-0.15, -0.1) is 0 Å². The average Bonchev–Trinajstić information content (AvgIpc) is 2.62. The van der Waals surface area contributed by atoms with Crippen LogP contribution in [-0.4, -0.2) is 4.98 Å². The minimum absolute atomic E-state index is 1.07. The maximum absolute atomic E-state index is 4.68. The van der Waals surface area contributed by atoms with E-state index in [4.69, 9.17) is 0 Å². The second kappa shape index (κ2) is 4.77. The molecule has 0 bridgehead atoms. The van der Waals surface area contributed by atoms with E-state index in [-0.39, 0.29) is 0 Å². The zero-order chi connectivity index (χ0) is 15.4. The molecule has 23 heavy (non-hydrogen) atoms. The fraction of sp³-hybridized carbons (Fsp3) is 0. The van der Waals surface area contributed by atoms with E-state index in [2.05, 4.69) is 81.6 Å². The van der Waals surface area contributed by atoms with Gasteiger partial charge in [-0.25, -0.2) is 0 Å². The zero-order valence-electron chi connectivity index (χ0n) is 12.3. The molecule has 1 nitrogen and oxygen atoms in total. The standard InChI is InChI=1S/C21H12BrN/c22-19-12-18-13-6-1-4-9-16(13)21-17(10-5-11-23-21)20(18)15-8-3-2-7-14(15)19/h1-12H. The Morgan fingerprint density at radius 2 is 1.26 bits per heavy atom. The summed E-state index contributed by atoms with van der Waals surface area (Å²) in [4.78, 5) is 4.68. The summed E-state index contributed by atoms with van der Waals surface area (Å²) in [6.45, 7) is 0. The summed E-state index contributed by atoms with van der Waals surface area (Å²) in [5, 5.41) is 8.72. The average molecular weight is 358 g/mol. The number of pyridine rings is 1. The van der Waals surface area contributed by atoms with Gasteiger partial charge in [0.05, 0.1) is 5.52 Å². The number of benzene rings is 4. The van der Waals surface area contributed by atoms with E-state index in [1.54, 1.807) is 0 Å².